The third-order valence-corrected chi connectivity index (χ3v) is 16.8. The Morgan fingerprint density at radius 3 is 1.25 bits per heavy atom. The Bertz CT molecular complexity index is 1410. The number of aliphatic hydroxyl groups is 1. The van der Waals surface area contributed by atoms with Crippen LogP contribution in [0.4, 0.5) is 52.7 Å². The first-order chi connectivity index (χ1) is 27.0. The minimum absolute atomic E-state index is 0. The van der Waals surface area contributed by atoms with E-state index in [9.17, 15) is 62.6 Å². The Morgan fingerprint density at radius 1 is 0.556 bits per heavy atom. The number of fused-ring (bicyclic) bond motifs is 4. The van der Waals surface area contributed by atoms with Crippen LogP contribution in [0.1, 0.15) is 161 Å². The number of hydrogen-bond donors (Lipinski definition) is 1. The standard InChI is InChI=1S/C28H40F6O3.C15H22F6O.4CH4/c1-15(2)22-12-18-7-19(23(22)13-18)4-5-26(27(29,30)31,28(32,33)34)36-14-24(35)37-25(3)20-8-16-6-17(10-20)11-21(25)9-16;1-8(2)11-6-9-5-10(12(11)7-9)3-4-13(22,14(16,17)18)15(19,20)21;;;;/h15-23H,4-14H2,1-3H3;8-12,22H,3-7H2,1-2H3;4*1H4. The Morgan fingerprint density at radius 2 is 0.921 bits per heavy atom. The largest absolute Gasteiger partial charge is 0.457 e. The molecule has 8 unspecified atom stereocenters. The van der Waals surface area contributed by atoms with Gasteiger partial charge < -0.3 is 14.6 Å². The second-order valence-corrected chi connectivity index (χ2v) is 20.8. The molecule has 0 radical (unpaired) electrons. The van der Waals surface area contributed by atoms with Gasteiger partial charge in [-0.05, 0) is 186 Å². The molecule has 0 aromatic heterocycles. The van der Waals surface area contributed by atoms with Crippen molar-refractivity contribution in [1.29, 1.82) is 0 Å². The maximum atomic E-state index is 14.2. The van der Waals surface area contributed by atoms with Crippen LogP contribution in [0.5, 0.6) is 0 Å². The maximum absolute atomic E-state index is 14.2. The molecule has 0 spiro atoms. The van der Waals surface area contributed by atoms with Gasteiger partial charge in [-0.1, -0.05) is 57.4 Å². The second kappa shape index (κ2) is 20.0. The average Bonchev–Trinajstić information content (AvgIpc) is 3.89. The van der Waals surface area contributed by atoms with Gasteiger partial charge >= 0.3 is 30.7 Å². The van der Waals surface area contributed by atoms with Crippen molar-refractivity contribution < 1.29 is 72.1 Å². The summed E-state index contributed by atoms with van der Waals surface area (Å²) in [7, 11) is 0. The number of halogens is 12. The number of rotatable bonds is 12. The molecular weight excluding hydrogens is 856 g/mol. The SMILES string of the molecule is C.C.C.C.CC(C)C1CC2CC(CCC(O)(C(F)(F)F)C(F)(F)F)C1C2.CC(C)C1CC2CC(CCC(OCC(=O)OC3(C)C4CC5CC(C4)CC3C5)(C(F)(F)F)C(F)(F)F)C1C2. The number of ether oxygens (including phenoxy) is 2. The summed E-state index contributed by atoms with van der Waals surface area (Å²) in [6, 6.07) is 0. The molecule has 16 heteroatoms. The van der Waals surface area contributed by atoms with Crippen molar-refractivity contribution in [3.8, 4) is 0 Å². The summed E-state index contributed by atoms with van der Waals surface area (Å²) in [5.41, 5.74) is -9.81. The highest BCUT2D eigenvalue weighted by molar-refractivity contribution is 5.71. The molecule has 1 N–H and O–H groups in total. The molecule has 8 atom stereocenters. The molecule has 8 aliphatic carbocycles. The number of hydrogen-bond acceptors (Lipinski definition) is 4. The summed E-state index contributed by atoms with van der Waals surface area (Å²) in [5.74, 6) is 2.55. The van der Waals surface area contributed by atoms with Crippen LogP contribution < -0.4 is 0 Å². The lowest BCUT2D eigenvalue weighted by molar-refractivity contribution is -0.382. The van der Waals surface area contributed by atoms with Gasteiger partial charge in [0.1, 0.15) is 12.2 Å². The minimum Gasteiger partial charge on any atom is -0.457 e. The highest BCUT2D eigenvalue weighted by Gasteiger charge is 2.73. The molecule has 8 bridgehead atoms. The minimum atomic E-state index is -5.70. The van der Waals surface area contributed by atoms with Gasteiger partial charge in [0, 0.05) is 0 Å². The van der Waals surface area contributed by atoms with Gasteiger partial charge in [-0.3, -0.25) is 0 Å². The van der Waals surface area contributed by atoms with Crippen molar-refractivity contribution in [3.05, 3.63) is 0 Å². The summed E-state index contributed by atoms with van der Waals surface area (Å²) in [6.07, 6.45) is -15.8. The summed E-state index contributed by atoms with van der Waals surface area (Å²) in [5, 5.41) is 9.24. The van der Waals surface area contributed by atoms with Gasteiger partial charge in [-0.2, -0.15) is 52.7 Å². The van der Waals surface area contributed by atoms with Crippen LogP contribution in [0.3, 0.4) is 0 Å². The van der Waals surface area contributed by atoms with Crippen LogP contribution in [0.25, 0.3) is 0 Å². The van der Waals surface area contributed by atoms with E-state index in [4.69, 9.17) is 4.74 Å². The van der Waals surface area contributed by atoms with E-state index >= 15 is 0 Å². The van der Waals surface area contributed by atoms with Gasteiger partial charge in [0.05, 0.1) is 0 Å². The molecule has 8 rings (SSSR count). The predicted octanol–water partition coefficient (Wildman–Crippen LogP) is 15.2. The van der Waals surface area contributed by atoms with Crippen LogP contribution in [-0.4, -0.2) is 59.2 Å². The van der Waals surface area contributed by atoms with E-state index in [-0.39, 0.29) is 78.1 Å². The molecule has 0 aliphatic heterocycles. The molecular formula is C47H78F12O4. The van der Waals surface area contributed by atoms with Crippen molar-refractivity contribution >= 4 is 5.97 Å². The molecule has 8 aliphatic rings. The highest BCUT2D eigenvalue weighted by Crippen LogP contribution is 2.61. The predicted molar refractivity (Wildman–Crippen MR) is 220 cm³/mol. The summed E-state index contributed by atoms with van der Waals surface area (Å²) in [6.45, 7) is 8.67. The molecule has 63 heavy (non-hydrogen) atoms. The van der Waals surface area contributed by atoms with Crippen LogP contribution in [0.15, 0.2) is 0 Å². The topological polar surface area (TPSA) is 55.8 Å². The fourth-order valence-corrected chi connectivity index (χ4v) is 14.0. The van der Waals surface area contributed by atoms with E-state index in [1.807, 2.05) is 13.8 Å². The fourth-order valence-electron chi connectivity index (χ4n) is 14.0. The monoisotopic (exact) mass is 935 g/mol. The van der Waals surface area contributed by atoms with Crippen LogP contribution in [-0.2, 0) is 14.3 Å². The normalized spacial score (nSPS) is 35.7. The molecule has 0 aromatic rings. The fraction of sp³-hybridized carbons (Fsp3) is 0.979. The van der Waals surface area contributed by atoms with Gasteiger partial charge in [-0.15, -0.1) is 0 Å². The van der Waals surface area contributed by atoms with E-state index in [2.05, 4.69) is 18.6 Å². The summed E-state index contributed by atoms with van der Waals surface area (Å²) < 4.78 is 171. The first kappa shape index (κ1) is 57.7. The lowest BCUT2D eigenvalue weighted by Crippen LogP contribution is -2.60. The molecule has 4 nitrogen and oxygen atoms in total. The van der Waals surface area contributed by atoms with Gasteiger partial charge in [0.15, 0.2) is 0 Å². The van der Waals surface area contributed by atoms with Crippen molar-refractivity contribution in [1.82, 2.24) is 0 Å². The van der Waals surface area contributed by atoms with Crippen LogP contribution in [0, 0.1) is 82.9 Å². The zero-order valence-corrected chi connectivity index (χ0v) is 34.6. The lowest BCUT2D eigenvalue weighted by Gasteiger charge is -2.59. The average molecular weight is 935 g/mol. The van der Waals surface area contributed by atoms with Crippen molar-refractivity contribution in [2.45, 2.75) is 202 Å². The first-order valence-corrected chi connectivity index (χ1v) is 21.8. The zero-order valence-electron chi connectivity index (χ0n) is 34.6. The van der Waals surface area contributed by atoms with Gasteiger partial charge in [0.2, 0.25) is 0 Å². The Kier molecular flexibility index (Phi) is 18.3. The maximum Gasteiger partial charge on any atom is 0.426 e. The lowest BCUT2D eigenvalue weighted by atomic mass is 9.50. The molecule has 8 fully saturated rings. The molecule has 0 aromatic carbocycles. The summed E-state index contributed by atoms with van der Waals surface area (Å²) in [4.78, 5) is 12.7. The highest BCUT2D eigenvalue weighted by atomic mass is 19.4. The van der Waals surface area contributed by atoms with E-state index in [0.717, 1.165) is 51.4 Å². The molecule has 0 saturated heterocycles. The number of carbonyl (C=O) groups is 1. The number of alkyl halides is 12. The number of carbonyl (C=O) groups excluding carboxylic acids is 1. The summed E-state index contributed by atoms with van der Waals surface area (Å²) >= 11 is 0. The van der Waals surface area contributed by atoms with Crippen molar-refractivity contribution in [3.63, 3.8) is 0 Å². The van der Waals surface area contributed by atoms with Crippen molar-refractivity contribution in [2.24, 2.45) is 82.9 Å². The Hall–Kier alpha value is -1.45. The van der Waals surface area contributed by atoms with Gasteiger partial charge in [0.25, 0.3) is 11.2 Å². The van der Waals surface area contributed by atoms with E-state index in [1.54, 1.807) is 6.92 Å². The van der Waals surface area contributed by atoms with E-state index in [1.165, 1.54) is 6.42 Å². The van der Waals surface area contributed by atoms with E-state index < -0.39 is 66.9 Å². The third-order valence-electron chi connectivity index (χ3n) is 16.8. The quantitative estimate of drug-likeness (QED) is 0.156. The molecule has 8 saturated carbocycles. The molecule has 0 amide bonds. The van der Waals surface area contributed by atoms with Crippen LogP contribution >= 0.6 is 0 Å². The van der Waals surface area contributed by atoms with E-state index in [0.29, 0.717) is 60.2 Å². The number of esters is 1. The zero-order chi connectivity index (χ0) is 43.9. The second-order valence-electron chi connectivity index (χ2n) is 20.8. The van der Waals surface area contributed by atoms with Crippen molar-refractivity contribution in [2.75, 3.05) is 6.61 Å². The molecule has 0 heterocycles. The Labute approximate surface area is 369 Å². The smallest absolute Gasteiger partial charge is 0.426 e. The van der Waals surface area contributed by atoms with Crippen LogP contribution in [0.2, 0.25) is 0 Å². The third kappa shape index (κ3) is 11.0. The first-order valence-electron chi connectivity index (χ1n) is 21.8. The molecule has 374 valence electrons. The van der Waals surface area contributed by atoms with Gasteiger partial charge in [-0.25, -0.2) is 4.79 Å². The Balaban J connectivity index is 0.000000456.